The summed E-state index contributed by atoms with van der Waals surface area (Å²) < 4.78 is 1.05. The van der Waals surface area contributed by atoms with E-state index in [9.17, 15) is 0 Å². The largest absolute Gasteiger partial charge is 0.369 e. The molecule has 0 N–H and O–H groups in total. The summed E-state index contributed by atoms with van der Waals surface area (Å²) in [5.74, 6) is 0. The molecule has 0 unspecified atom stereocenters. The summed E-state index contributed by atoms with van der Waals surface area (Å²) in [5.41, 5.74) is 2.64. The standard InChI is InChI=1S/C15H12BrClN2/c1-19(10-11-3-2-4-13(16)7-11)15-8-14(17)6-5-12(15)9-18/h2-8H,10H2,1H3. The van der Waals surface area contributed by atoms with Crippen molar-refractivity contribution in [2.24, 2.45) is 0 Å². The van der Waals surface area contributed by atoms with E-state index in [1.165, 1.54) is 5.56 Å². The summed E-state index contributed by atoms with van der Waals surface area (Å²) in [6, 6.07) is 15.6. The monoisotopic (exact) mass is 334 g/mol. The number of rotatable bonds is 3. The van der Waals surface area contributed by atoms with Crippen molar-refractivity contribution in [3.63, 3.8) is 0 Å². The Morgan fingerprint density at radius 2 is 2.05 bits per heavy atom. The summed E-state index contributed by atoms with van der Waals surface area (Å²) in [6.07, 6.45) is 0. The van der Waals surface area contributed by atoms with Gasteiger partial charge < -0.3 is 4.90 Å². The third-order valence-electron chi connectivity index (χ3n) is 2.80. The number of benzene rings is 2. The molecule has 2 nitrogen and oxygen atoms in total. The second-order valence-electron chi connectivity index (χ2n) is 4.26. The van der Waals surface area contributed by atoms with Gasteiger partial charge >= 0.3 is 0 Å². The lowest BCUT2D eigenvalue weighted by Gasteiger charge is -2.21. The Kier molecular flexibility index (Phi) is 4.47. The lowest BCUT2D eigenvalue weighted by atomic mass is 10.1. The summed E-state index contributed by atoms with van der Waals surface area (Å²) in [4.78, 5) is 2.02. The first-order valence-electron chi connectivity index (χ1n) is 5.75. The maximum absolute atomic E-state index is 9.14. The Morgan fingerprint density at radius 1 is 1.26 bits per heavy atom. The predicted molar refractivity (Wildman–Crippen MR) is 82.4 cm³/mol. The van der Waals surface area contributed by atoms with Crippen LogP contribution in [0.15, 0.2) is 46.9 Å². The molecule has 0 spiro atoms. The normalized spacial score (nSPS) is 10.0. The number of nitrogens with zero attached hydrogens (tertiary/aromatic N) is 2. The van der Waals surface area contributed by atoms with Crippen LogP contribution in [0.1, 0.15) is 11.1 Å². The first kappa shape index (κ1) is 13.9. The fraction of sp³-hybridized carbons (Fsp3) is 0.133. The van der Waals surface area contributed by atoms with Crippen LogP contribution in [-0.2, 0) is 6.54 Å². The highest BCUT2D eigenvalue weighted by atomic mass is 79.9. The van der Waals surface area contributed by atoms with Gasteiger partial charge in [-0.2, -0.15) is 5.26 Å². The minimum absolute atomic E-state index is 0.627. The van der Waals surface area contributed by atoms with Crippen LogP contribution in [0.3, 0.4) is 0 Å². The highest BCUT2D eigenvalue weighted by Crippen LogP contribution is 2.25. The molecule has 0 saturated heterocycles. The second kappa shape index (κ2) is 6.10. The predicted octanol–water partition coefficient (Wildman–Crippen LogP) is 4.61. The molecular weight excluding hydrogens is 324 g/mol. The third kappa shape index (κ3) is 3.50. The van der Waals surface area contributed by atoms with E-state index in [0.29, 0.717) is 17.1 Å². The van der Waals surface area contributed by atoms with Crippen LogP contribution >= 0.6 is 27.5 Å². The van der Waals surface area contributed by atoms with Gasteiger partial charge in [0, 0.05) is 23.1 Å². The van der Waals surface area contributed by atoms with Crippen LogP contribution < -0.4 is 4.90 Å². The van der Waals surface area contributed by atoms with Crippen LogP contribution in [0.25, 0.3) is 0 Å². The van der Waals surface area contributed by atoms with E-state index in [4.69, 9.17) is 16.9 Å². The van der Waals surface area contributed by atoms with Crippen molar-refractivity contribution in [3.05, 3.63) is 63.1 Å². The molecule has 19 heavy (non-hydrogen) atoms. The van der Waals surface area contributed by atoms with Crippen molar-refractivity contribution in [2.75, 3.05) is 11.9 Å². The third-order valence-corrected chi connectivity index (χ3v) is 3.53. The van der Waals surface area contributed by atoms with Crippen LogP contribution in [0.4, 0.5) is 5.69 Å². The zero-order valence-corrected chi connectivity index (χ0v) is 12.7. The molecule has 0 aromatic heterocycles. The smallest absolute Gasteiger partial charge is 0.101 e. The Balaban J connectivity index is 2.27. The zero-order valence-electron chi connectivity index (χ0n) is 10.4. The van der Waals surface area contributed by atoms with E-state index in [-0.39, 0.29) is 0 Å². The van der Waals surface area contributed by atoms with Gasteiger partial charge in [0.1, 0.15) is 6.07 Å². The molecule has 0 aliphatic heterocycles. The van der Waals surface area contributed by atoms with Gasteiger partial charge in [-0.25, -0.2) is 0 Å². The van der Waals surface area contributed by atoms with E-state index in [2.05, 4.69) is 34.1 Å². The Morgan fingerprint density at radius 3 is 2.74 bits per heavy atom. The van der Waals surface area contributed by atoms with E-state index in [0.717, 1.165) is 10.2 Å². The number of hydrogen-bond acceptors (Lipinski definition) is 2. The fourth-order valence-electron chi connectivity index (χ4n) is 1.91. The van der Waals surface area contributed by atoms with Gasteiger partial charge in [0.05, 0.1) is 11.3 Å². The minimum Gasteiger partial charge on any atom is -0.369 e. The van der Waals surface area contributed by atoms with Gasteiger partial charge in [-0.1, -0.05) is 39.7 Å². The summed E-state index contributed by atoms with van der Waals surface area (Å²) in [5, 5.41) is 9.78. The van der Waals surface area contributed by atoms with Gasteiger partial charge in [0.25, 0.3) is 0 Å². The Hall–Kier alpha value is -1.50. The molecule has 0 amide bonds. The second-order valence-corrected chi connectivity index (χ2v) is 5.61. The minimum atomic E-state index is 0.627. The molecule has 0 radical (unpaired) electrons. The topological polar surface area (TPSA) is 27.0 Å². The molecule has 2 aromatic carbocycles. The highest BCUT2D eigenvalue weighted by Gasteiger charge is 2.09. The number of nitriles is 1. The van der Waals surface area contributed by atoms with Gasteiger partial charge in [0.15, 0.2) is 0 Å². The molecule has 2 aromatic rings. The van der Waals surface area contributed by atoms with Crippen molar-refractivity contribution in [1.82, 2.24) is 0 Å². The number of anilines is 1. The average Bonchev–Trinajstić information content (AvgIpc) is 2.38. The van der Waals surface area contributed by atoms with Gasteiger partial charge in [0.2, 0.25) is 0 Å². The van der Waals surface area contributed by atoms with Crippen molar-refractivity contribution in [1.29, 1.82) is 5.26 Å². The molecule has 0 atom stereocenters. The van der Waals surface area contributed by atoms with Gasteiger partial charge in [-0.15, -0.1) is 0 Å². The quantitative estimate of drug-likeness (QED) is 0.819. The maximum Gasteiger partial charge on any atom is 0.101 e. The molecule has 0 fully saturated rings. The van der Waals surface area contributed by atoms with Gasteiger partial charge in [-0.05, 0) is 35.9 Å². The number of halogens is 2. The lowest BCUT2D eigenvalue weighted by Crippen LogP contribution is -2.17. The van der Waals surface area contributed by atoms with Crippen LogP contribution in [-0.4, -0.2) is 7.05 Å². The van der Waals surface area contributed by atoms with E-state index in [1.54, 1.807) is 12.1 Å². The first-order valence-corrected chi connectivity index (χ1v) is 6.92. The summed E-state index contributed by atoms with van der Waals surface area (Å²) in [7, 11) is 1.95. The van der Waals surface area contributed by atoms with Crippen LogP contribution in [0.2, 0.25) is 5.02 Å². The molecule has 96 valence electrons. The fourth-order valence-corrected chi connectivity index (χ4v) is 2.52. The van der Waals surface area contributed by atoms with Crippen LogP contribution in [0.5, 0.6) is 0 Å². The van der Waals surface area contributed by atoms with Crippen molar-refractivity contribution in [2.45, 2.75) is 6.54 Å². The Bertz CT molecular complexity index is 634. The van der Waals surface area contributed by atoms with Crippen molar-refractivity contribution < 1.29 is 0 Å². The molecule has 0 bridgehead atoms. The number of hydrogen-bond donors (Lipinski definition) is 0. The maximum atomic E-state index is 9.14. The average molecular weight is 336 g/mol. The van der Waals surface area contributed by atoms with Crippen LogP contribution in [0, 0.1) is 11.3 Å². The molecule has 0 heterocycles. The SMILES string of the molecule is CN(Cc1cccc(Br)c1)c1cc(Cl)ccc1C#N. The van der Waals surface area contributed by atoms with E-state index in [1.807, 2.05) is 30.1 Å². The highest BCUT2D eigenvalue weighted by molar-refractivity contribution is 9.10. The molecular formula is C15H12BrClN2. The van der Waals surface area contributed by atoms with E-state index >= 15 is 0 Å². The molecule has 4 heteroatoms. The molecule has 0 aliphatic carbocycles. The van der Waals surface area contributed by atoms with Crippen molar-refractivity contribution >= 4 is 33.2 Å². The van der Waals surface area contributed by atoms with Crippen molar-refractivity contribution in [3.8, 4) is 6.07 Å². The summed E-state index contributed by atoms with van der Waals surface area (Å²) >= 11 is 9.46. The molecule has 0 saturated carbocycles. The zero-order chi connectivity index (χ0) is 13.8. The lowest BCUT2D eigenvalue weighted by molar-refractivity contribution is 0.920. The Labute approximate surface area is 126 Å². The molecule has 0 aliphatic rings. The van der Waals surface area contributed by atoms with Gasteiger partial charge in [-0.3, -0.25) is 0 Å². The summed E-state index contributed by atoms with van der Waals surface area (Å²) in [6.45, 7) is 0.717. The molecule has 2 rings (SSSR count). The van der Waals surface area contributed by atoms with E-state index < -0.39 is 0 Å². The first-order chi connectivity index (χ1) is 9.10.